The molecule has 4 heteroatoms. The zero-order chi connectivity index (χ0) is 14.0. The molecule has 0 fully saturated rings. The van der Waals surface area contributed by atoms with Crippen molar-refractivity contribution >= 4 is 10.1 Å². The Kier molecular flexibility index (Phi) is 3.73. The quantitative estimate of drug-likeness (QED) is 0.874. The molecule has 1 atom stereocenters. The summed E-state index contributed by atoms with van der Waals surface area (Å²) in [5.74, 6) is 0.177. The van der Waals surface area contributed by atoms with E-state index in [4.69, 9.17) is 4.55 Å². The van der Waals surface area contributed by atoms with E-state index in [0.717, 1.165) is 5.56 Å². The van der Waals surface area contributed by atoms with Crippen molar-refractivity contribution in [3.63, 3.8) is 0 Å². The van der Waals surface area contributed by atoms with E-state index in [9.17, 15) is 8.42 Å². The van der Waals surface area contributed by atoms with Crippen molar-refractivity contribution in [2.45, 2.75) is 24.7 Å². The molecule has 0 saturated heterocycles. The molecule has 1 unspecified atom stereocenters. The number of rotatable bonds is 3. The molecule has 0 spiro atoms. The first-order valence-corrected chi connectivity index (χ1v) is 7.46. The fraction of sp³-hybridized carbons (Fsp3) is 0.200. The van der Waals surface area contributed by atoms with Crippen LogP contribution in [0.4, 0.5) is 0 Å². The van der Waals surface area contributed by atoms with E-state index < -0.39 is 10.1 Å². The van der Waals surface area contributed by atoms with Gasteiger partial charge >= 0.3 is 0 Å². The molecule has 0 amide bonds. The highest BCUT2D eigenvalue weighted by molar-refractivity contribution is 7.85. The summed E-state index contributed by atoms with van der Waals surface area (Å²) >= 11 is 0. The molecule has 2 aromatic carbocycles. The van der Waals surface area contributed by atoms with Gasteiger partial charge in [0, 0.05) is 5.92 Å². The predicted octanol–water partition coefficient (Wildman–Crippen LogP) is 3.39. The summed E-state index contributed by atoms with van der Waals surface area (Å²) in [5, 5.41) is 0. The minimum absolute atomic E-state index is 0.0765. The average molecular weight is 276 g/mol. The van der Waals surface area contributed by atoms with E-state index in [-0.39, 0.29) is 10.8 Å². The number of hydrogen-bond donors (Lipinski definition) is 1. The Labute approximate surface area is 113 Å². The maximum atomic E-state index is 11.0. The third kappa shape index (κ3) is 3.22. The second-order valence-corrected chi connectivity index (χ2v) is 6.10. The topological polar surface area (TPSA) is 54.4 Å². The normalized spacial score (nSPS) is 13.2. The fourth-order valence-electron chi connectivity index (χ4n) is 1.98. The Morgan fingerprint density at radius 1 is 0.895 bits per heavy atom. The molecular weight excluding hydrogens is 260 g/mol. The van der Waals surface area contributed by atoms with Gasteiger partial charge in [-0.3, -0.25) is 4.55 Å². The Bertz CT molecular complexity index is 656. The van der Waals surface area contributed by atoms with E-state index in [1.165, 1.54) is 23.3 Å². The van der Waals surface area contributed by atoms with Gasteiger partial charge in [0.15, 0.2) is 0 Å². The summed E-state index contributed by atoms with van der Waals surface area (Å²) in [6, 6.07) is 14.6. The standard InChI is InChI=1S/C15H16O3S/c1-11-3-5-13(6-4-11)12(2)14-7-9-15(10-8-14)19(16,17)18/h3-10,12H,1-2H3,(H,16,17,18). The van der Waals surface area contributed by atoms with Crippen molar-refractivity contribution < 1.29 is 13.0 Å². The highest BCUT2D eigenvalue weighted by Gasteiger charge is 2.12. The van der Waals surface area contributed by atoms with Crippen LogP contribution in [0.5, 0.6) is 0 Å². The van der Waals surface area contributed by atoms with Crippen LogP contribution in [0.3, 0.4) is 0 Å². The maximum absolute atomic E-state index is 11.0. The van der Waals surface area contributed by atoms with Gasteiger partial charge in [-0.1, -0.05) is 48.9 Å². The predicted molar refractivity (Wildman–Crippen MR) is 75.0 cm³/mol. The molecule has 0 bridgehead atoms. The lowest BCUT2D eigenvalue weighted by atomic mass is 9.93. The highest BCUT2D eigenvalue weighted by Crippen LogP contribution is 2.25. The van der Waals surface area contributed by atoms with Gasteiger partial charge in [0.2, 0.25) is 0 Å². The monoisotopic (exact) mass is 276 g/mol. The number of benzene rings is 2. The van der Waals surface area contributed by atoms with Crippen LogP contribution in [0, 0.1) is 6.92 Å². The van der Waals surface area contributed by atoms with Gasteiger partial charge in [-0.2, -0.15) is 8.42 Å². The summed E-state index contributed by atoms with van der Waals surface area (Å²) in [6.45, 7) is 4.10. The molecule has 0 aromatic heterocycles. The Hall–Kier alpha value is -1.65. The molecule has 0 aliphatic rings. The van der Waals surface area contributed by atoms with Gasteiger partial charge in [0.25, 0.3) is 10.1 Å². The molecule has 0 saturated carbocycles. The summed E-state index contributed by atoms with van der Waals surface area (Å²) in [7, 11) is -4.12. The molecule has 100 valence electrons. The average Bonchev–Trinajstić information content (AvgIpc) is 2.38. The second kappa shape index (κ2) is 5.15. The Balaban J connectivity index is 2.30. The van der Waals surface area contributed by atoms with Crippen LogP contribution in [0.15, 0.2) is 53.4 Å². The van der Waals surface area contributed by atoms with Crippen LogP contribution in [-0.2, 0) is 10.1 Å². The van der Waals surface area contributed by atoms with Crippen LogP contribution < -0.4 is 0 Å². The van der Waals surface area contributed by atoms with Crippen molar-refractivity contribution in [3.8, 4) is 0 Å². The molecule has 0 aliphatic heterocycles. The van der Waals surface area contributed by atoms with Crippen LogP contribution in [0.2, 0.25) is 0 Å². The Morgan fingerprint density at radius 3 is 1.74 bits per heavy atom. The molecule has 2 aromatic rings. The van der Waals surface area contributed by atoms with Gasteiger partial charge in [-0.05, 0) is 30.2 Å². The first-order valence-electron chi connectivity index (χ1n) is 6.02. The molecule has 0 aliphatic carbocycles. The largest absolute Gasteiger partial charge is 0.294 e. The van der Waals surface area contributed by atoms with Crippen molar-refractivity contribution in [3.05, 3.63) is 65.2 Å². The lowest BCUT2D eigenvalue weighted by Crippen LogP contribution is -2.00. The van der Waals surface area contributed by atoms with Gasteiger partial charge in [-0.15, -0.1) is 0 Å². The first-order chi connectivity index (χ1) is 8.88. The Morgan fingerprint density at radius 2 is 1.32 bits per heavy atom. The van der Waals surface area contributed by atoms with E-state index in [1.54, 1.807) is 12.1 Å². The second-order valence-electron chi connectivity index (χ2n) is 4.68. The third-order valence-corrected chi connectivity index (χ3v) is 4.12. The minimum atomic E-state index is -4.12. The third-order valence-electron chi connectivity index (χ3n) is 3.26. The van der Waals surface area contributed by atoms with E-state index in [2.05, 4.69) is 31.2 Å². The van der Waals surface area contributed by atoms with Crippen molar-refractivity contribution in [2.24, 2.45) is 0 Å². The van der Waals surface area contributed by atoms with Crippen molar-refractivity contribution in [2.75, 3.05) is 0 Å². The minimum Gasteiger partial charge on any atom is -0.282 e. The SMILES string of the molecule is Cc1ccc(C(C)c2ccc(S(=O)(=O)O)cc2)cc1. The van der Waals surface area contributed by atoms with Crippen LogP contribution in [0.1, 0.15) is 29.5 Å². The van der Waals surface area contributed by atoms with Gasteiger partial charge in [-0.25, -0.2) is 0 Å². The zero-order valence-corrected chi connectivity index (χ0v) is 11.7. The van der Waals surface area contributed by atoms with E-state index in [1.807, 2.05) is 6.92 Å². The molecule has 19 heavy (non-hydrogen) atoms. The number of aryl methyl sites for hydroxylation is 1. The summed E-state index contributed by atoms with van der Waals surface area (Å²) < 4.78 is 30.9. The molecule has 2 rings (SSSR count). The zero-order valence-electron chi connectivity index (χ0n) is 10.9. The van der Waals surface area contributed by atoms with Crippen molar-refractivity contribution in [1.29, 1.82) is 0 Å². The summed E-state index contributed by atoms with van der Waals surface area (Å²) in [5.41, 5.74) is 3.39. The lowest BCUT2D eigenvalue weighted by Gasteiger charge is -2.13. The fourth-order valence-corrected chi connectivity index (χ4v) is 2.46. The smallest absolute Gasteiger partial charge is 0.282 e. The van der Waals surface area contributed by atoms with Crippen LogP contribution >= 0.6 is 0 Å². The van der Waals surface area contributed by atoms with Gasteiger partial charge < -0.3 is 0 Å². The summed E-state index contributed by atoms with van der Waals surface area (Å²) in [4.78, 5) is -0.0765. The van der Waals surface area contributed by atoms with E-state index in [0.29, 0.717) is 0 Å². The first kappa shape index (κ1) is 13.8. The summed E-state index contributed by atoms with van der Waals surface area (Å²) in [6.07, 6.45) is 0. The maximum Gasteiger partial charge on any atom is 0.294 e. The van der Waals surface area contributed by atoms with Gasteiger partial charge in [0.1, 0.15) is 0 Å². The highest BCUT2D eigenvalue weighted by atomic mass is 32.2. The van der Waals surface area contributed by atoms with E-state index >= 15 is 0 Å². The molecule has 0 radical (unpaired) electrons. The lowest BCUT2D eigenvalue weighted by molar-refractivity contribution is 0.483. The molecule has 3 nitrogen and oxygen atoms in total. The molecule has 1 N–H and O–H groups in total. The van der Waals surface area contributed by atoms with Crippen molar-refractivity contribution in [1.82, 2.24) is 0 Å². The molecule has 0 heterocycles. The van der Waals surface area contributed by atoms with Crippen LogP contribution in [-0.4, -0.2) is 13.0 Å². The van der Waals surface area contributed by atoms with Gasteiger partial charge in [0.05, 0.1) is 4.90 Å². The van der Waals surface area contributed by atoms with Crippen LogP contribution in [0.25, 0.3) is 0 Å². The number of hydrogen-bond acceptors (Lipinski definition) is 2. The molecular formula is C15H16O3S.